The van der Waals surface area contributed by atoms with E-state index in [4.69, 9.17) is 14.2 Å². The normalized spacial score (nSPS) is 17.5. The highest BCUT2D eigenvalue weighted by atomic mass is 32.2. The van der Waals surface area contributed by atoms with Gasteiger partial charge in [-0.1, -0.05) is 0 Å². The lowest BCUT2D eigenvalue weighted by molar-refractivity contribution is 0.0200. The number of guanidine groups is 1. The lowest BCUT2D eigenvalue weighted by Crippen LogP contribution is -2.43. The highest BCUT2D eigenvalue weighted by Gasteiger charge is 2.18. The van der Waals surface area contributed by atoms with Crippen molar-refractivity contribution in [2.24, 2.45) is 4.99 Å². The van der Waals surface area contributed by atoms with Crippen LogP contribution in [0.15, 0.2) is 23.2 Å². The molecule has 1 unspecified atom stereocenters. The van der Waals surface area contributed by atoms with Gasteiger partial charge < -0.3 is 24.4 Å². The van der Waals surface area contributed by atoms with Crippen molar-refractivity contribution in [2.45, 2.75) is 31.9 Å². The molecule has 1 aromatic carbocycles. The summed E-state index contributed by atoms with van der Waals surface area (Å²) in [4.78, 5) is 6.15. The van der Waals surface area contributed by atoms with E-state index >= 15 is 0 Å². The molecule has 1 aromatic rings. The Hall–Kier alpha value is -2.04. The minimum absolute atomic E-state index is 0.0279. The quantitative estimate of drug-likeness (QED) is 0.415. The van der Waals surface area contributed by atoms with E-state index in [0.29, 0.717) is 31.4 Å². The molecule has 0 radical (unpaired) electrons. The third kappa shape index (κ3) is 7.66. The average molecular weight is 443 g/mol. The monoisotopic (exact) mass is 442 g/mol. The molecule has 0 aliphatic carbocycles. The molecule has 1 aliphatic heterocycles. The van der Waals surface area contributed by atoms with Crippen LogP contribution in [0.25, 0.3) is 0 Å². The summed E-state index contributed by atoms with van der Waals surface area (Å²) in [5.41, 5.74) is 0.963. The number of benzene rings is 1. The third-order valence-electron chi connectivity index (χ3n) is 4.93. The van der Waals surface area contributed by atoms with E-state index in [1.807, 2.05) is 30.1 Å². The molecule has 1 aliphatic rings. The summed E-state index contributed by atoms with van der Waals surface area (Å²) in [5.74, 6) is 1.99. The molecular weight excluding hydrogens is 408 g/mol. The maximum absolute atomic E-state index is 12.3. The summed E-state index contributed by atoms with van der Waals surface area (Å²) in [6.45, 7) is 1.82. The van der Waals surface area contributed by atoms with Crippen LogP contribution in [0.1, 0.15) is 24.8 Å². The minimum atomic E-state index is -3.39. The molecule has 0 saturated carbocycles. The number of rotatable bonds is 10. The molecule has 1 heterocycles. The highest BCUT2D eigenvalue weighted by molar-refractivity contribution is 7.89. The van der Waals surface area contributed by atoms with Gasteiger partial charge in [0.25, 0.3) is 0 Å². The van der Waals surface area contributed by atoms with Gasteiger partial charge in [-0.2, -0.15) is 0 Å². The highest BCUT2D eigenvalue weighted by Crippen LogP contribution is 2.25. The Morgan fingerprint density at radius 1 is 1.30 bits per heavy atom. The van der Waals surface area contributed by atoms with Crippen LogP contribution in [0.3, 0.4) is 0 Å². The Balaban J connectivity index is 1.83. The van der Waals surface area contributed by atoms with Crippen LogP contribution >= 0.6 is 0 Å². The number of hydrogen-bond acceptors (Lipinski definition) is 6. The summed E-state index contributed by atoms with van der Waals surface area (Å²) in [6.07, 6.45) is 2.99. The molecule has 0 aromatic heterocycles. The van der Waals surface area contributed by atoms with E-state index < -0.39 is 10.0 Å². The predicted octanol–water partition coefficient (Wildman–Crippen LogP) is 1.20. The molecule has 1 atom stereocenters. The Morgan fingerprint density at radius 3 is 2.73 bits per heavy atom. The van der Waals surface area contributed by atoms with E-state index in [-0.39, 0.29) is 18.4 Å². The molecule has 1 fully saturated rings. The second-order valence-electron chi connectivity index (χ2n) is 7.16. The maximum atomic E-state index is 12.3. The number of nitrogens with zero attached hydrogens (tertiary/aromatic N) is 2. The zero-order valence-corrected chi connectivity index (χ0v) is 19.1. The summed E-state index contributed by atoms with van der Waals surface area (Å²) in [5, 5.41) is 3.10. The lowest BCUT2D eigenvalue weighted by Gasteiger charge is -2.24. The van der Waals surface area contributed by atoms with Crippen molar-refractivity contribution in [3.05, 3.63) is 23.8 Å². The smallest absolute Gasteiger partial charge is 0.213 e. The summed E-state index contributed by atoms with van der Waals surface area (Å²) < 4.78 is 43.4. The van der Waals surface area contributed by atoms with E-state index in [2.05, 4.69) is 15.0 Å². The van der Waals surface area contributed by atoms with Crippen LogP contribution in [0.2, 0.25) is 0 Å². The van der Waals surface area contributed by atoms with Gasteiger partial charge in [0.2, 0.25) is 10.0 Å². The van der Waals surface area contributed by atoms with E-state index in [1.54, 1.807) is 21.3 Å². The number of hydrogen-bond donors (Lipinski definition) is 2. The van der Waals surface area contributed by atoms with Gasteiger partial charge in [-0.25, -0.2) is 13.1 Å². The molecule has 30 heavy (non-hydrogen) atoms. The van der Waals surface area contributed by atoms with Crippen molar-refractivity contribution in [2.75, 3.05) is 53.8 Å². The fourth-order valence-corrected chi connectivity index (χ4v) is 4.21. The molecule has 2 rings (SSSR count). The third-order valence-corrected chi connectivity index (χ3v) is 6.28. The van der Waals surface area contributed by atoms with Crippen LogP contribution in [0.4, 0.5) is 0 Å². The van der Waals surface area contributed by atoms with Crippen LogP contribution in [0, 0.1) is 0 Å². The Kier molecular flexibility index (Phi) is 9.67. The van der Waals surface area contributed by atoms with Gasteiger partial charge in [0.15, 0.2) is 5.96 Å². The van der Waals surface area contributed by atoms with E-state index in [1.165, 1.54) is 0 Å². The first kappa shape index (κ1) is 24.2. The zero-order valence-electron chi connectivity index (χ0n) is 18.3. The molecule has 1 saturated heterocycles. The fraction of sp³-hybridized carbons (Fsp3) is 0.650. The predicted molar refractivity (Wildman–Crippen MR) is 118 cm³/mol. The SMILES string of the molecule is CN=C(NCCS(=O)(=O)NCC1CCCCO1)N(C)Cc1ccc(OC)cc1OC. The van der Waals surface area contributed by atoms with Crippen molar-refractivity contribution in [3.8, 4) is 11.5 Å². The number of aliphatic imine (C=N–C) groups is 1. The number of nitrogens with one attached hydrogen (secondary N) is 2. The van der Waals surface area contributed by atoms with Gasteiger partial charge in [0.1, 0.15) is 11.5 Å². The molecule has 2 N–H and O–H groups in total. The van der Waals surface area contributed by atoms with Gasteiger partial charge >= 0.3 is 0 Å². The maximum Gasteiger partial charge on any atom is 0.213 e. The molecule has 10 heteroatoms. The average Bonchev–Trinajstić information content (AvgIpc) is 2.76. The summed E-state index contributed by atoms with van der Waals surface area (Å²) in [7, 11) is 3.38. The van der Waals surface area contributed by atoms with Crippen LogP contribution in [-0.4, -0.2) is 79.1 Å². The van der Waals surface area contributed by atoms with Crippen molar-refractivity contribution < 1.29 is 22.6 Å². The van der Waals surface area contributed by atoms with Crippen LogP contribution in [-0.2, 0) is 21.3 Å². The first-order valence-corrected chi connectivity index (χ1v) is 11.8. The first-order valence-electron chi connectivity index (χ1n) is 10.1. The standard InChI is InChI=1S/C20H34N4O5S/c1-21-20(24(2)15-16-8-9-17(27-3)13-19(16)28-4)22-10-12-30(25,26)23-14-18-7-5-6-11-29-18/h8-9,13,18,23H,5-7,10-12,14-15H2,1-4H3,(H,21,22). The second kappa shape index (κ2) is 12.0. The lowest BCUT2D eigenvalue weighted by atomic mass is 10.1. The van der Waals surface area contributed by atoms with Gasteiger partial charge in [0, 0.05) is 52.0 Å². The molecular formula is C20H34N4O5S. The van der Waals surface area contributed by atoms with Crippen molar-refractivity contribution in [3.63, 3.8) is 0 Å². The summed E-state index contributed by atoms with van der Waals surface area (Å²) in [6, 6.07) is 5.63. The number of sulfonamides is 1. The van der Waals surface area contributed by atoms with E-state index in [9.17, 15) is 8.42 Å². The van der Waals surface area contributed by atoms with Gasteiger partial charge in [-0.05, 0) is 31.4 Å². The summed E-state index contributed by atoms with van der Waals surface area (Å²) >= 11 is 0. The Bertz CT molecular complexity index is 794. The molecule has 170 valence electrons. The number of methoxy groups -OCH3 is 2. The van der Waals surface area contributed by atoms with Crippen LogP contribution in [0.5, 0.6) is 11.5 Å². The fourth-order valence-electron chi connectivity index (χ4n) is 3.26. The molecule has 9 nitrogen and oxygen atoms in total. The van der Waals surface area contributed by atoms with Crippen molar-refractivity contribution in [1.29, 1.82) is 0 Å². The second-order valence-corrected chi connectivity index (χ2v) is 9.09. The first-order chi connectivity index (χ1) is 14.4. The van der Waals surface area contributed by atoms with Gasteiger partial charge in [-0.3, -0.25) is 4.99 Å². The van der Waals surface area contributed by atoms with Crippen LogP contribution < -0.4 is 19.5 Å². The van der Waals surface area contributed by atoms with Gasteiger partial charge in [0.05, 0.1) is 26.1 Å². The Morgan fingerprint density at radius 2 is 2.10 bits per heavy atom. The largest absolute Gasteiger partial charge is 0.497 e. The van der Waals surface area contributed by atoms with E-state index in [0.717, 1.165) is 30.6 Å². The Labute approximate surface area is 179 Å². The topological polar surface area (TPSA) is 101 Å². The molecule has 0 spiro atoms. The minimum Gasteiger partial charge on any atom is -0.497 e. The van der Waals surface area contributed by atoms with Crippen molar-refractivity contribution in [1.82, 2.24) is 14.9 Å². The number of ether oxygens (including phenoxy) is 3. The zero-order chi connectivity index (χ0) is 22.0. The molecule has 0 amide bonds. The molecule has 0 bridgehead atoms. The van der Waals surface area contributed by atoms with Gasteiger partial charge in [-0.15, -0.1) is 0 Å². The van der Waals surface area contributed by atoms with Crippen molar-refractivity contribution >= 4 is 16.0 Å².